The first kappa shape index (κ1) is 16.2. The van der Waals surface area contributed by atoms with Crippen molar-refractivity contribution in [2.45, 2.75) is 18.8 Å². The zero-order valence-corrected chi connectivity index (χ0v) is 13.0. The first-order valence-electron chi connectivity index (χ1n) is 7.08. The molecule has 1 aliphatic carbocycles. The van der Waals surface area contributed by atoms with Crippen molar-refractivity contribution in [3.8, 4) is 22.5 Å². The van der Waals surface area contributed by atoms with E-state index in [2.05, 4.69) is 10.2 Å². The summed E-state index contributed by atoms with van der Waals surface area (Å²) in [6.45, 7) is 0. The molecule has 0 aliphatic heterocycles. The fourth-order valence-corrected chi connectivity index (χ4v) is 3.84. The van der Waals surface area contributed by atoms with Gasteiger partial charge in [-0.25, -0.2) is 0 Å². The molecule has 1 N–H and O–H groups in total. The molecule has 0 bridgehead atoms. The van der Waals surface area contributed by atoms with E-state index in [0.29, 0.717) is 29.8 Å². The average molecular weight is 374 g/mol. The Labute approximate surface area is 141 Å². The van der Waals surface area contributed by atoms with Gasteiger partial charge in [0.2, 0.25) is 0 Å². The summed E-state index contributed by atoms with van der Waals surface area (Å²) in [7, 11) is 0. The van der Waals surface area contributed by atoms with Crippen molar-refractivity contribution < 1.29 is 26.3 Å². The monoisotopic (exact) mass is 374 g/mol. The van der Waals surface area contributed by atoms with Crippen LogP contribution in [0.5, 0.6) is 0 Å². The van der Waals surface area contributed by atoms with Gasteiger partial charge in [0.05, 0.1) is 22.5 Å². The number of alkyl halides is 6. The summed E-state index contributed by atoms with van der Waals surface area (Å²) in [6.07, 6.45) is -9.33. The van der Waals surface area contributed by atoms with Crippen molar-refractivity contribution in [3.05, 3.63) is 51.2 Å². The van der Waals surface area contributed by atoms with Crippen LogP contribution in [0.3, 0.4) is 0 Å². The van der Waals surface area contributed by atoms with Crippen molar-refractivity contribution in [2.75, 3.05) is 0 Å². The van der Waals surface area contributed by atoms with Gasteiger partial charge < -0.3 is 0 Å². The molecule has 1 aromatic carbocycles. The number of rotatable bonds is 1. The smallest absolute Gasteiger partial charge is 0.277 e. The summed E-state index contributed by atoms with van der Waals surface area (Å²) < 4.78 is 78.1. The summed E-state index contributed by atoms with van der Waals surface area (Å²) in [5.41, 5.74) is -0.609. The Morgan fingerprint density at radius 1 is 0.960 bits per heavy atom. The van der Waals surface area contributed by atoms with E-state index in [-0.39, 0.29) is 17.3 Å². The van der Waals surface area contributed by atoms with Crippen LogP contribution in [-0.2, 0) is 18.8 Å². The molecule has 0 atom stereocenters. The molecule has 0 radical (unpaired) electrons. The largest absolute Gasteiger partial charge is 0.416 e. The highest BCUT2D eigenvalue weighted by molar-refractivity contribution is 7.10. The van der Waals surface area contributed by atoms with Crippen molar-refractivity contribution in [2.24, 2.45) is 0 Å². The third-order valence-electron chi connectivity index (χ3n) is 4.08. The summed E-state index contributed by atoms with van der Waals surface area (Å²) in [6, 6.07) is 3.38. The third kappa shape index (κ3) is 2.62. The quantitative estimate of drug-likeness (QED) is 0.423. The lowest BCUT2D eigenvalue weighted by atomic mass is 10.00. The van der Waals surface area contributed by atoms with Crippen LogP contribution in [0.2, 0.25) is 0 Å². The lowest BCUT2D eigenvalue weighted by Gasteiger charge is -2.14. The minimum absolute atomic E-state index is 0.118. The first-order valence-corrected chi connectivity index (χ1v) is 7.96. The zero-order chi connectivity index (χ0) is 18.0. The number of hydrogen-bond acceptors (Lipinski definition) is 2. The number of aromatic amines is 1. The minimum atomic E-state index is -4.88. The highest BCUT2D eigenvalue weighted by Crippen LogP contribution is 2.44. The van der Waals surface area contributed by atoms with Gasteiger partial charge in [-0.2, -0.15) is 31.4 Å². The Kier molecular flexibility index (Phi) is 3.31. The zero-order valence-electron chi connectivity index (χ0n) is 12.2. The Morgan fingerprint density at radius 3 is 2.20 bits per heavy atom. The van der Waals surface area contributed by atoms with E-state index in [4.69, 9.17) is 0 Å². The molecular formula is C16H8F6N2S. The van der Waals surface area contributed by atoms with E-state index in [0.717, 1.165) is 10.4 Å². The number of aromatic nitrogens is 2. The van der Waals surface area contributed by atoms with Gasteiger partial charge in [0.15, 0.2) is 0 Å². The molecule has 0 saturated carbocycles. The van der Waals surface area contributed by atoms with Crippen LogP contribution in [0.4, 0.5) is 26.3 Å². The van der Waals surface area contributed by atoms with Crippen molar-refractivity contribution in [1.82, 2.24) is 10.2 Å². The second-order valence-corrected chi connectivity index (χ2v) is 6.66. The molecule has 1 aliphatic rings. The molecule has 2 heterocycles. The predicted molar refractivity (Wildman–Crippen MR) is 80.1 cm³/mol. The van der Waals surface area contributed by atoms with Crippen molar-refractivity contribution in [1.29, 1.82) is 0 Å². The Bertz CT molecular complexity index is 932. The van der Waals surface area contributed by atoms with Crippen LogP contribution in [-0.4, -0.2) is 10.2 Å². The molecule has 0 amide bonds. The number of halogens is 6. The molecule has 0 spiro atoms. The van der Waals surface area contributed by atoms with Crippen LogP contribution in [0, 0.1) is 0 Å². The van der Waals surface area contributed by atoms with E-state index in [9.17, 15) is 26.3 Å². The fourth-order valence-electron chi connectivity index (χ4n) is 2.95. The summed E-state index contributed by atoms with van der Waals surface area (Å²) in [5.74, 6) is 0. The second kappa shape index (κ2) is 5.10. The Hall–Kier alpha value is -2.29. The van der Waals surface area contributed by atoms with E-state index >= 15 is 0 Å². The molecule has 130 valence electrons. The first-order chi connectivity index (χ1) is 11.6. The topological polar surface area (TPSA) is 28.7 Å². The lowest BCUT2D eigenvalue weighted by molar-refractivity contribution is -0.143. The van der Waals surface area contributed by atoms with Gasteiger partial charge in [0.25, 0.3) is 0 Å². The van der Waals surface area contributed by atoms with E-state index in [1.807, 2.05) is 11.4 Å². The summed E-state index contributed by atoms with van der Waals surface area (Å²) in [4.78, 5) is 1.01. The van der Waals surface area contributed by atoms with Crippen molar-refractivity contribution in [3.63, 3.8) is 0 Å². The molecule has 4 rings (SSSR count). The van der Waals surface area contributed by atoms with E-state index in [1.165, 1.54) is 11.3 Å². The maximum atomic E-state index is 13.0. The van der Waals surface area contributed by atoms with Crippen LogP contribution in [0.15, 0.2) is 29.6 Å². The predicted octanol–water partition coefficient (Wildman–Crippen LogP) is 5.75. The number of nitrogens with zero attached hydrogens (tertiary/aromatic N) is 1. The van der Waals surface area contributed by atoms with Gasteiger partial charge in [-0.1, -0.05) is 0 Å². The molecule has 0 unspecified atom stereocenters. The molecule has 2 nitrogen and oxygen atoms in total. The van der Waals surface area contributed by atoms with Gasteiger partial charge in [-0.05, 0) is 29.6 Å². The summed E-state index contributed by atoms with van der Waals surface area (Å²) >= 11 is 1.48. The maximum Gasteiger partial charge on any atom is 0.416 e. The standard InChI is InChI=1S/C16H8F6N2S/c17-15(18,19)8-3-7(4-9(5-8)16(20,21)22)13-11-6-12-10(1-2-25-12)14(11)24-23-13/h1-5H,6H2,(H,23,24). The molecule has 0 fully saturated rings. The SMILES string of the molecule is FC(F)(F)c1cc(-c2n[nH]c3c2Cc2sccc2-3)cc(C(F)(F)F)c1. The molecule has 25 heavy (non-hydrogen) atoms. The van der Waals surface area contributed by atoms with Crippen LogP contribution < -0.4 is 0 Å². The normalized spacial score (nSPS) is 13.8. The number of thiophene rings is 1. The van der Waals surface area contributed by atoms with Gasteiger partial charge >= 0.3 is 12.4 Å². The van der Waals surface area contributed by atoms with E-state index < -0.39 is 23.5 Å². The number of fused-ring (bicyclic) bond motifs is 3. The number of nitrogens with one attached hydrogen (secondary N) is 1. The Balaban J connectivity index is 1.89. The Morgan fingerprint density at radius 2 is 1.60 bits per heavy atom. The van der Waals surface area contributed by atoms with Crippen molar-refractivity contribution >= 4 is 11.3 Å². The van der Waals surface area contributed by atoms with Gasteiger partial charge in [0, 0.05) is 28.0 Å². The molecular weight excluding hydrogens is 366 g/mol. The van der Waals surface area contributed by atoms with Gasteiger partial charge in [-0.15, -0.1) is 11.3 Å². The average Bonchev–Trinajstić information content (AvgIpc) is 3.16. The summed E-state index contributed by atoms with van der Waals surface area (Å²) in [5, 5.41) is 8.59. The maximum absolute atomic E-state index is 13.0. The number of benzene rings is 1. The van der Waals surface area contributed by atoms with Gasteiger partial charge in [0.1, 0.15) is 0 Å². The number of hydrogen-bond donors (Lipinski definition) is 1. The minimum Gasteiger partial charge on any atom is -0.277 e. The van der Waals surface area contributed by atoms with Crippen LogP contribution in [0.25, 0.3) is 22.5 Å². The van der Waals surface area contributed by atoms with Gasteiger partial charge in [-0.3, -0.25) is 5.10 Å². The molecule has 0 saturated heterocycles. The van der Waals surface area contributed by atoms with Crippen LogP contribution in [0.1, 0.15) is 21.6 Å². The molecule has 2 aromatic heterocycles. The van der Waals surface area contributed by atoms with Crippen LogP contribution >= 0.6 is 11.3 Å². The third-order valence-corrected chi connectivity index (χ3v) is 5.00. The lowest BCUT2D eigenvalue weighted by Crippen LogP contribution is -2.11. The second-order valence-electron chi connectivity index (χ2n) is 5.65. The number of H-pyrrole nitrogens is 1. The highest BCUT2D eigenvalue weighted by atomic mass is 32.1. The fraction of sp³-hybridized carbons (Fsp3) is 0.188. The van der Waals surface area contributed by atoms with E-state index in [1.54, 1.807) is 0 Å². The molecule has 9 heteroatoms. The molecule has 3 aromatic rings. The highest BCUT2D eigenvalue weighted by Gasteiger charge is 2.38.